The highest BCUT2D eigenvalue weighted by atomic mass is 16.5. The van der Waals surface area contributed by atoms with E-state index in [1.54, 1.807) is 43.3 Å². The van der Waals surface area contributed by atoms with E-state index in [0.717, 1.165) is 10.8 Å². The molecule has 0 bridgehead atoms. The van der Waals surface area contributed by atoms with E-state index in [4.69, 9.17) is 13.7 Å². The van der Waals surface area contributed by atoms with E-state index in [9.17, 15) is 14.4 Å². The third-order valence-electron chi connectivity index (χ3n) is 6.27. The summed E-state index contributed by atoms with van der Waals surface area (Å²) in [6, 6.07) is 18.4. The van der Waals surface area contributed by atoms with E-state index < -0.39 is 17.9 Å². The van der Waals surface area contributed by atoms with Crippen molar-refractivity contribution >= 4 is 39.4 Å². The Morgan fingerprint density at radius 1 is 1.00 bits per heavy atom. The molecule has 6 rings (SSSR count). The molecule has 5 aromatic rings. The molecule has 0 spiro atoms. The van der Waals surface area contributed by atoms with Crippen LogP contribution in [-0.2, 0) is 4.74 Å². The Bertz CT molecular complexity index is 1710. The summed E-state index contributed by atoms with van der Waals surface area (Å²) in [6.07, 6.45) is 0. The van der Waals surface area contributed by atoms with Crippen molar-refractivity contribution in [1.82, 2.24) is 5.16 Å². The van der Waals surface area contributed by atoms with Crippen molar-refractivity contribution in [3.63, 3.8) is 0 Å². The zero-order valence-electron chi connectivity index (χ0n) is 18.8. The lowest BCUT2D eigenvalue weighted by molar-refractivity contribution is 0.0600. The minimum atomic E-state index is -0.819. The number of esters is 1. The average Bonchev–Trinajstić information content (AvgIpc) is 3.44. The molecule has 8 heteroatoms. The van der Waals surface area contributed by atoms with Gasteiger partial charge in [0.2, 0.25) is 5.76 Å². The predicted octanol–water partition coefficient (Wildman–Crippen LogP) is 4.78. The van der Waals surface area contributed by atoms with Crippen LogP contribution in [0.15, 0.2) is 80.5 Å². The molecule has 0 saturated carbocycles. The molecule has 0 saturated heterocycles. The predicted molar refractivity (Wildman–Crippen MR) is 128 cm³/mol. The van der Waals surface area contributed by atoms with Crippen molar-refractivity contribution in [1.29, 1.82) is 0 Å². The second-order valence-electron chi connectivity index (χ2n) is 8.32. The summed E-state index contributed by atoms with van der Waals surface area (Å²) >= 11 is 0. The molecule has 0 radical (unpaired) electrons. The fraction of sp³-hybridized carbons (Fsp3) is 0.111. The summed E-state index contributed by atoms with van der Waals surface area (Å²) in [4.78, 5) is 40.8. The quantitative estimate of drug-likeness (QED) is 0.278. The number of aryl methyl sites for hydroxylation is 1. The Hall–Kier alpha value is -4.72. The number of benzene rings is 3. The molecule has 1 aliphatic rings. The number of fused-ring (bicyclic) bond motifs is 4. The van der Waals surface area contributed by atoms with E-state index >= 15 is 0 Å². The third-order valence-corrected chi connectivity index (χ3v) is 6.27. The third kappa shape index (κ3) is 3.07. The second kappa shape index (κ2) is 7.66. The van der Waals surface area contributed by atoms with E-state index in [2.05, 4.69) is 5.16 Å². The summed E-state index contributed by atoms with van der Waals surface area (Å²) in [5.74, 6) is -0.252. The summed E-state index contributed by atoms with van der Waals surface area (Å²) in [5.41, 5.74) is 1.23. The van der Waals surface area contributed by atoms with Crippen molar-refractivity contribution < 1.29 is 23.3 Å². The summed E-state index contributed by atoms with van der Waals surface area (Å²) < 4.78 is 16.2. The molecule has 1 atom stereocenters. The maximum atomic E-state index is 13.8. The molecule has 1 aliphatic heterocycles. The molecule has 0 N–H and O–H groups in total. The lowest BCUT2D eigenvalue weighted by Crippen LogP contribution is -2.29. The van der Waals surface area contributed by atoms with Gasteiger partial charge in [-0.3, -0.25) is 14.5 Å². The molecule has 3 heterocycles. The molecule has 172 valence electrons. The minimum Gasteiger partial charge on any atom is -0.465 e. The fourth-order valence-electron chi connectivity index (χ4n) is 4.64. The molecule has 35 heavy (non-hydrogen) atoms. The van der Waals surface area contributed by atoms with Gasteiger partial charge in [-0.05, 0) is 36.1 Å². The largest absolute Gasteiger partial charge is 0.465 e. The first-order valence-electron chi connectivity index (χ1n) is 10.9. The Labute approximate surface area is 198 Å². The Morgan fingerprint density at radius 2 is 1.77 bits per heavy atom. The highest BCUT2D eigenvalue weighted by molar-refractivity contribution is 6.12. The highest BCUT2D eigenvalue weighted by Crippen LogP contribution is 2.41. The number of nitrogens with zero attached hydrogens (tertiary/aromatic N) is 2. The molecular weight excluding hydrogens is 448 g/mol. The number of anilines is 1. The Kier molecular flexibility index (Phi) is 4.57. The van der Waals surface area contributed by atoms with Crippen LogP contribution in [0.5, 0.6) is 0 Å². The Balaban J connectivity index is 1.63. The summed E-state index contributed by atoms with van der Waals surface area (Å²) in [5, 5.41) is 6.05. The molecule has 0 aliphatic carbocycles. The summed E-state index contributed by atoms with van der Waals surface area (Å²) in [7, 11) is 1.30. The van der Waals surface area contributed by atoms with Crippen LogP contribution in [-0.4, -0.2) is 24.1 Å². The minimum absolute atomic E-state index is 0.0402. The summed E-state index contributed by atoms with van der Waals surface area (Å²) in [6.45, 7) is 1.72. The van der Waals surface area contributed by atoms with Gasteiger partial charge < -0.3 is 13.7 Å². The normalized spacial score (nSPS) is 15.1. The van der Waals surface area contributed by atoms with Crippen molar-refractivity contribution in [2.75, 3.05) is 12.0 Å². The number of carbonyl (C=O) groups excluding carboxylic acids is 2. The van der Waals surface area contributed by atoms with Gasteiger partial charge in [0.25, 0.3) is 5.91 Å². The monoisotopic (exact) mass is 466 g/mol. The van der Waals surface area contributed by atoms with Gasteiger partial charge in [-0.2, -0.15) is 0 Å². The van der Waals surface area contributed by atoms with Gasteiger partial charge in [0.05, 0.1) is 29.7 Å². The fourth-order valence-corrected chi connectivity index (χ4v) is 4.64. The first kappa shape index (κ1) is 20.9. The maximum absolute atomic E-state index is 13.8. The number of hydrogen-bond acceptors (Lipinski definition) is 7. The van der Waals surface area contributed by atoms with Gasteiger partial charge in [-0.25, -0.2) is 4.79 Å². The van der Waals surface area contributed by atoms with Gasteiger partial charge >= 0.3 is 5.97 Å². The first-order chi connectivity index (χ1) is 17.0. The van der Waals surface area contributed by atoms with Crippen LogP contribution in [0.4, 0.5) is 5.82 Å². The molecule has 8 nitrogen and oxygen atoms in total. The molecule has 1 amide bonds. The second-order valence-corrected chi connectivity index (χ2v) is 8.32. The molecular formula is C27H18N2O6. The van der Waals surface area contributed by atoms with Crippen molar-refractivity contribution in [3.8, 4) is 0 Å². The van der Waals surface area contributed by atoms with Crippen LogP contribution in [0, 0.1) is 6.92 Å². The number of hydrogen-bond donors (Lipinski definition) is 0. The lowest BCUT2D eigenvalue weighted by atomic mass is 9.97. The zero-order chi connectivity index (χ0) is 24.3. The smallest absolute Gasteiger partial charge is 0.337 e. The number of carbonyl (C=O) groups is 2. The van der Waals surface area contributed by atoms with Gasteiger partial charge in [-0.15, -0.1) is 0 Å². The molecule has 2 aromatic heterocycles. The Morgan fingerprint density at radius 3 is 2.49 bits per heavy atom. The van der Waals surface area contributed by atoms with Crippen LogP contribution in [0.25, 0.3) is 21.7 Å². The molecule has 3 aromatic carbocycles. The van der Waals surface area contributed by atoms with Crippen molar-refractivity contribution in [2.24, 2.45) is 0 Å². The van der Waals surface area contributed by atoms with Crippen LogP contribution < -0.4 is 10.3 Å². The van der Waals surface area contributed by atoms with E-state index in [0.29, 0.717) is 27.9 Å². The van der Waals surface area contributed by atoms with Gasteiger partial charge in [0.15, 0.2) is 11.2 Å². The maximum Gasteiger partial charge on any atom is 0.337 e. The number of amides is 1. The number of ether oxygens (including phenoxy) is 1. The SMILES string of the molecule is COC(=O)c1ccc([C@@H]2c3c(oc4c(ccc5ccccc54)c3=O)C(=O)N2c2cc(C)on2)cc1. The molecule has 0 unspecified atom stereocenters. The van der Waals surface area contributed by atoms with Gasteiger partial charge in [0.1, 0.15) is 11.3 Å². The number of rotatable bonds is 3. The van der Waals surface area contributed by atoms with Crippen molar-refractivity contribution in [2.45, 2.75) is 13.0 Å². The highest BCUT2D eigenvalue weighted by Gasteiger charge is 2.45. The number of aromatic nitrogens is 1. The lowest BCUT2D eigenvalue weighted by Gasteiger charge is -2.22. The van der Waals surface area contributed by atoms with Gasteiger partial charge in [-0.1, -0.05) is 47.6 Å². The van der Waals surface area contributed by atoms with E-state index in [1.807, 2.05) is 30.3 Å². The van der Waals surface area contributed by atoms with E-state index in [1.165, 1.54) is 12.0 Å². The van der Waals surface area contributed by atoms with E-state index in [-0.39, 0.29) is 22.6 Å². The van der Waals surface area contributed by atoms with Crippen molar-refractivity contribution in [3.05, 3.63) is 105 Å². The topological polar surface area (TPSA) is 103 Å². The number of methoxy groups -OCH3 is 1. The standard InChI is InChI=1S/C27H18N2O6/c1-14-13-20(28-35-14)29-22(16-7-9-17(10-8-16)27(32)33-2)21-23(30)19-12-11-15-5-3-4-6-18(15)24(19)34-25(21)26(29)31/h3-13,22H,1-2H3/t22-/m1/s1. The zero-order valence-corrected chi connectivity index (χ0v) is 18.8. The molecule has 0 fully saturated rings. The van der Waals surface area contributed by atoms with Crippen LogP contribution >= 0.6 is 0 Å². The van der Waals surface area contributed by atoms with Crippen LogP contribution in [0.2, 0.25) is 0 Å². The van der Waals surface area contributed by atoms with Crippen LogP contribution in [0.3, 0.4) is 0 Å². The average molecular weight is 466 g/mol. The van der Waals surface area contributed by atoms with Gasteiger partial charge in [0, 0.05) is 11.5 Å². The first-order valence-corrected chi connectivity index (χ1v) is 10.9. The van der Waals surface area contributed by atoms with Crippen LogP contribution in [0.1, 0.15) is 43.8 Å².